The molecule has 1 saturated heterocycles. The molecular weight excluding hydrogens is 248 g/mol. The zero-order valence-electron chi connectivity index (χ0n) is 10.2. The van der Waals surface area contributed by atoms with Gasteiger partial charge in [0, 0.05) is 22.9 Å². The minimum atomic E-state index is 0.0539. The van der Waals surface area contributed by atoms with E-state index in [1.165, 1.54) is 0 Å². The van der Waals surface area contributed by atoms with Crippen LogP contribution < -0.4 is 5.32 Å². The number of nitrogens with one attached hydrogen (secondary N) is 1. The summed E-state index contributed by atoms with van der Waals surface area (Å²) in [4.78, 5) is 12.1. The lowest BCUT2D eigenvalue weighted by Crippen LogP contribution is -2.23. The molecule has 4 nitrogen and oxygen atoms in total. The van der Waals surface area contributed by atoms with Gasteiger partial charge in [0.15, 0.2) is 0 Å². The molecular formula is C13H16N2O2S. The second kappa shape index (κ2) is 5.91. The Kier molecular flexibility index (Phi) is 4.25. The Balaban J connectivity index is 2.15. The van der Waals surface area contributed by atoms with E-state index in [0.29, 0.717) is 11.4 Å². The summed E-state index contributed by atoms with van der Waals surface area (Å²) in [6, 6.07) is 7.36. The van der Waals surface area contributed by atoms with Crippen molar-refractivity contribution in [3.05, 3.63) is 29.8 Å². The average Bonchev–Trinajstić information content (AvgIpc) is 2.92. The topological polar surface area (TPSA) is 61.7 Å². The van der Waals surface area contributed by atoms with E-state index in [-0.39, 0.29) is 11.8 Å². The maximum absolute atomic E-state index is 12.1. The van der Waals surface area contributed by atoms with Crippen LogP contribution in [0.5, 0.6) is 0 Å². The van der Waals surface area contributed by atoms with Gasteiger partial charge in [0.1, 0.15) is 0 Å². The number of thioether (sulfide) groups is 1. The van der Waals surface area contributed by atoms with Crippen molar-refractivity contribution in [2.45, 2.75) is 13.3 Å². The number of amides is 1. The highest BCUT2D eigenvalue weighted by Crippen LogP contribution is 2.25. The summed E-state index contributed by atoms with van der Waals surface area (Å²) < 4.78 is 0. The zero-order chi connectivity index (χ0) is 13.0. The molecule has 1 fully saturated rings. The fourth-order valence-corrected chi connectivity index (χ4v) is 3.16. The van der Waals surface area contributed by atoms with Crippen LogP contribution in [0.15, 0.2) is 29.4 Å². The van der Waals surface area contributed by atoms with E-state index in [1.54, 1.807) is 6.92 Å². The van der Waals surface area contributed by atoms with E-state index < -0.39 is 0 Å². The number of hydrogen-bond acceptors (Lipinski definition) is 4. The Morgan fingerprint density at radius 1 is 1.50 bits per heavy atom. The minimum Gasteiger partial charge on any atom is -0.411 e. The number of nitrogens with zero attached hydrogens (tertiary/aromatic N) is 1. The summed E-state index contributed by atoms with van der Waals surface area (Å²) in [5, 5.41) is 14.9. The van der Waals surface area contributed by atoms with E-state index in [2.05, 4.69) is 10.5 Å². The van der Waals surface area contributed by atoms with Gasteiger partial charge in [-0.15, -0.1) is 0 Å². The molecule has 0 radical (unpaired) electrons. The fraction of sp³-hybridized carbons (Fsp3) is 0.385. The van der Waals surface area contributed by atoms with Gasteiger partial charge in [-0.2, -0.15) is 11.8 Å². The molecule has 96 valence electrons. The van der Waals surface area contributed by atoms with Crippen molar-refractivity contribution in [3.63, 3.8) is 0 Å². The van der Waals surface area contributed by atoms with Gasteiger partial charge in [-0.05, 0) is 25.2 Å². The Hall–Kier alpha value is -1.49. The predicted octanol–water partition coefficient (Wildman–Crippen LogP) is 2.58. The smallest absolute Gasteiger partial charge is 0.228 e. The molecule has 2 rings (SSSR count). The lowest BCUT2D eigenvalue weighted by Gasteiger charge is -2.13. The maximum Gasteiger partial charge on any atom is 0.228 e. The number of rotatable bonds is 3. The molecule has 1 atom stereocenters. The van der Waals surface area contributed by atoms with E-state index in [1.807, 2.05) is 36.0 Å². The second-order valence-corrected chi connectivity index (χ2v) is 5.43. The van der Waals surface area contributed by atoms with Gasteiger partial charge in [-0.3, -0.25) is 4.79 Å². The normalized spacial score (nSPS) is 19.8. The van der Waals surface area contributed by atoms with Crippen molar-refractivity contribution in [1.29, 1.82) is 0 Å². The molecule has 1 aromatic carbocycles. The molecule has 1 aliphatic heterocycles. The van der Waals surface area contributed by atoms with Gasteiger partial charge in [-0.25, -0.2) is 0 Å². The quantitative estimate of drug-likeness (QED) is 0.501. The minimum absolute atomic E-state index is 0.0539. The molecule has 0 bridgehead atoms. The van der Waals surface area contributed by atoms with E-state index in [0.717, 1.165) is 23.5 Å². The van der Waals surface area contributed by atoms with Gasteiger partial charge in [0.05, 0.1) is 5.71 Å². The second-order valence-electron chi connectivity index (χ2n) is 4.28. The lowest BCUT2D eigenvalue weighted by atomic mass is 10.1. The van der Waals surface area contributed by atoms with Gasteiger partial charge in [0.25, 0.3) is 0 Å². The molecule has 0 saturated carbocycles. The average molecular weight is 264 g/mol. The van der Waals surface area contributed by atoms with Crippen LogP contribution in [0.1, 0.15) is 18.9 Å². The third-order valence-corrected chi connectivity index (χ3v) is 4.19. The molecule has 18 heavy (non-hydrogen) atoms. The first-order valence-electron chi connectivity index (χ1n) is 5.89. The van der Waals surface area contributed by atoms with Crippen LogP contribution in [0.3, 0.4) is 0 Å². The standard InChI is InChI=1S/C13H16N2O2S/c1-9(15-17)11-4-2-3-5-12(11)14-13(16)10-6-7-18-8-10/h2-5,10,17H,6-8H2,1H3,(H,14,16). The summed E-state index contributed by atoms with van der Waals surface area (Å²) in [6.07, 6.45) is 0.936. The molecule has 1 heterocycles. The highest BCUT2D eigenvalue weighted by molar-refractivity contribution is 7.99. The summed E-state index contributed by atoms with van der Waals surface area (Å²) >= 11 is 1.81. The molecule has 1 aromatic rings. The van der Waals surface area contributed by atoms with Gasteiger partial charge >= 0.3 is 0 Å². The Labute approximate surface area is 110 Å². The van der Waals surface area contributed by atoms with Crippen molar-refractivity contribution in [3.8, 4) is 0 Å². The Morgan fingerprint density at radius 3 is 2.94 bits per heavy atom. The van der Waals surface area contributed by atoms with E-state index in [9.17, 15) is 4.79 Å². The number of anilines is 1. The zero-order valence-corrected chi connectivity index (χ0v) is 11.0. The first-order chi connectivity index (χ1) is 8.72. The van der Waals surface area contributed by atoms with Crippen LogP contribution in [-0.4, -0.2) is 28.3 Å². The monoisotopic (exact) mass is 264 g/mol. The number of benzene rings is 1. The van der Waals surface area contributed by atoms with E-state index in [4.69, 9.17) is 5.21 Å². The Bertz CT molecular complexity index is 468. The highest BCUT2D eigenvalue weighted by atomic mass is 32.2. The molecule has 1 aliphatic rings. The Morgan fingerprint density at radius 2 is 2.28 bits per heavy atom. The first-order valence-corrected chi connectivity index (χ1v) is 7.04. The molecule has 1 amide bonds. The largest absolute Gasteiger partial charge is 0.411 e. The fourth-order valence-electron chi connectivity index (χ4n) is 1.94. The van der Waals surface area contributed by atoms with Gasteiger partial charge in [0.2, 0.25) is 5.91 Å². The third kappa shape index (κ3) is 2.85. The third-order valence-electron chi connectivity index (χ3n) is 3.03. The first kappa shape index (κ1) is 13.0. The van der Waals surface area contributed by atoms with Crippen LogP contribution in [-0.2, 0) is 4.79 Å². The lowest BCUT2D eigenvalue weighted by molar-refractivity contribution is -0.119. The predicted molar refractivity (Wildman–Crippen MR) is 74.5 cm³/mol. The molecule has 0 spiro atoms. The maximum atomic E-state index is 12.1. The number of carbonyl (C=O) groups excluding carboxylic acids is 1. The molecule has 5 heteroatoms. The van der Waals surface area contributed by atoms with Crippen LogP contribution >= 0.6 is 11.8 Å². The van der Waals surface area contributed by atoms with Crippen LogP contribution in [0.25, 0.3) is 0 Å². The summed E-state index contributed by atoms with van der Waals surface area (Å²) in [6.45, 7) is 1.70. The van der Waals surface area contributed by atoms with Crippen molar-refractivity contribution in [2.24, 2.45) is 11.1 Å². The number of para-hydroxylation sites is 1. The number of hydrogen-bond donors (Lipinski definition) is 2. The van der Waals surface area contributed by atoms with Crippen LogP contribution in [0.4, 0.5) is 5.69 Å². The van der Waals surface area contributed by atoms with Crippen molar-refractivity contribution < 1.29 is 10.0 Å². The number of carbonyl (C=O) groups is 1. The van der Waals surface area contributed by atoms with Crippen LogP contribution in [0, 0.1) is 5.92 Å². The molecule has 2 N–H and O–H groups in total. The van der Waals surface area contributed by atoms with Gasteiger partial charge < -0.3 is 10.5 Å². The molecule has 0 aromatic heterocycles. The molecule has 1 unspecified atom stereocenters. The summed E-state index contributed by atoms with van der Waals surface area (Å²) in [7, 11) is 0. The van der Waals surface area contributed by atoms with Crippen molar-refractivity contribution in [2.75, 3.05) is 16.8 Å². The highest BCUT2D eigenvalue weighted by Gasteiger charge is 2.23. The van der Waals surface area contributed by atoms with E-state index >= 15 is 0 Å². The van der Waals surface area contributed by atoms with Crippen LogP contribution in [0.2, 0.25) is 0 Å². The van der Waals surface area contributed by atoms with Gasteiger partial charge in [-0.1, -0.05) is 23.4 Å². The summed E-state index contributed by atoms with van der Waals surface area (Å²) in [5.74, 6) is 2.09. The SMILES string of the molecule is CC(=NO)c1ccccc1NC(=O)C1CCSC1. The summed E-state index contributed by atoms with van der Waals surface area (Å²) in [5.41, 5.74) is 1.94. The van der Waals surface area contributed by atoms with Crippen molar-refractivity contribution in [1.82, 2.24) is 0 Å². The van der Waals surface area contributed by atoms with Crippen molar-refractivity contribution >= 4 is 29.1 Å². The number of oxime groups is 1. The molecule has 0 aliphatic carbocycles.